The fourth-order valence-electron chi connectivity index (χ4n) is 4.68. The van der Waals surface area contributed by atoms with Gasteiger partial charge in [0.15, 0.2) is 0 Å². The summed E-state index contributed by atoms with van der Waals surface area (Å²) in [6.45, 7) is 17.9. The molecular formula is C35H42N2O2. The van der Waals surface area contributed by atoms with Crippen molar-refractivity contribution in [3.8, 4) is 23.0 Å². The molecule has 0 unspecified atom stereocenters. The van der Waals surface area contributed by atoms with Crippen LogP contribution in [0.3, 0.4) is 0 Å². The molecule has 39 heavy (non-hydrogen) atoms. The third kappa shape index (κ3) is 6.39. The molecular weight excluding hydrogens is 480 g/mol. The van der Waals surface area contributed by atoms with Gasteiger partial charge in [-0.1, -0.05) is 79.7 Å². The normalized spacial score (nSPS) is 12.3. The molecule has 4 N–H and O–H groups in total. The fourth-order valence-corrected chi connectivity index (χ4v) is 4.68. The molecule has 0 radical (unpaired) electrons. The Balaban J connectivity index is 1.73. The van der Waals surface area contributed by atoms with Gasteiger partial charge in [0, 0.05) is 27.9 Å². The minimum absolute atomic E-state index is 0.109. The van der Waals surface area contributed by atoms with Crippen LogP contribution in [0.5, 0.6) is 23.0 Å². The van der Waals surface area contributed by atoms with E-state index in [1.807, 2.05) is 48.5 Å². The lowest BCUT2D eigenvalue weighted by Crippen LogP contribution is -2.23. The van der Waals surface area contributed by atoms with E-state index in [2.05, 4.69) is 91.8 Å². The van der Waals surface area contributed by atoms with E-state index in [-0.39, 0.29) is 16.2 Å². The Morgan fingerprint density at radius 3 is 1.10 bits per heavy atom. The molecule has 0 amide bonds. The zero-order chi connectivity index (χ0) is 28.6. The third-order valence-corrected chi connectivity index (χ3v) is 7.23. The molecule has 0 atom stereocenters. The van der Waals surface area contributed by atoms with E-state index in [1.54, 1.807) is 0 Å². The van der Waals surface area contributed by atoms with Gasteiger partial charge in [0.1, 0.15) is 23.0 Å². The van der Waals surface area contributed by atoms with Gasteiger partial charge in [-0.15, -0.1) is 0 Å². The second-order valence-electron chi connectivity index (χ2n) is 12.9. The summed E-state index contributed by atoms with van der Waals surface area (Å²) in [6, 6.07) is 28.2. The van der Waals surface area contributed by atoms with Crippen molar-refractivity contribution in [2.24, 2.45) is 0 Å². The number of hydrogen-bond donors (Lipinski definition) is 2. The molecule has 0 aliphatic carbocycles. The van der Waals surface area contributed by atoms with Crippen LogP contribution in [-0.4, -0.2) is 0 Å². The Morgan fingerprint density at radius 1 is 0.462 bits per heavy atom. The number of ether oxygens (including phenoxy) is 2. The summed E-state index contributed by atoms with van der Waals surface area (Å²) in [5.41, 5.74) is 17.5. The minimum Gasteiger partial charge on any atom is -0.457 e. The largest absolute Gasteiger partial charge is 0.457 e. The van der Waals surface area contributed by atoms with E-state index < -0.39 is 0 Å². The van der Waals surface area contributed by atoms with Crippen molar-refractivity contribution in [2.45, 2.75) is 71.6 Å². The molecule has 4 aromatic carbocycles. The second-order valence-corrected chi connectivity index (χ2v) is 12.9. The monoisotopic (exact) mass is 522 g/mol. The van der Waals surface area contributed by atoms with Crippen molar-refractivity contribution >= 4 is 11.4 Å². The zero-order valence-electron chi connectivity index (χ0n) is 24.6. The van der Waals surface area contributed by atoms with Gasteiger partial charge in [-0.05, 0) is 82.6 Å². The van der Waals surface area contributed by atoms with Gasteiger partial charge in [0.25, 0.3) is 0 Å². The number of nitrogen functional groups attached to an aromatic ring is 2. The summed E-state index contributed by atoms with van der Waals surface area (Å²) in [7, 11) is 0. The summed E-state index contributed by atoms with van der Waals surface area (Å²) in [5, 5.41) is 0. The molecule has 0 fully saturated rings. The van der Waals surface area contributed by atoms with E-state index in [9.17, 15) is 0 Å². The molecule has 204 valence electrons. The van der Waals surface area contributed by atoms with Crippen LogP contribution in [0.25, 0.3) is 0 Å². The Kier molecular flexibility index (Phi) is 7.44. The van der Waals surface area contributed by atoms with Crippen LogP contribution in [0.4, 0.5) is 11.4 Å². The highest BCUT2D eigenvalue weighted by atomic mass is 16.5. The van der Waals surface area contributed by atoms with E-state index in [4.69, 9.17) is 20.9 Å². The van der Waals surface area contributed by atoms with Gasteiger partial charge >= 0.3 is 0 Å². The van der Waals surface area contributed by atoms with Crippen LogP contribution in [0.15, 0.2) is 84.9 Å². The lowest BCUT2D eigenvalue weighted by atomic mass is 9.73. The average Bonchev–Trinajstić information content (AvgIpc) is 2.86. The Hall–Kier alpha value is -3.92. The van der Waals surface area contributed by atoms with Crippen LogP contribution < -0.4 is 20.9 Å². The van der Waals surface area contributed by atoms with Crippen molar-refractivity contribution in [3.05, 3.63) is 107 Å². The van der Waals surface area contributed by atoms with Gasteiger partial charge in [0.2, 0.25) is 0 Å². The Morgan fingerprint density at radius 2 is 0.795 bits per heavy atom. The highest BCUT2D eigenvalue weighted by molar-refractivity contribution is 5.53. The van der Waals surface area contributed by atoms with Gasteiger partial charge < -0.3 is 20.9 Å². The molecule has 0 aliphatic rings. The number of nitrogens with two attached hydrogens (primary N) is 2. The predicted octanol–water partition coefficient (Wildman–Crippen LogP) is 9.36. The van der Waals surface area contributed by atoms with Crippen molar-refractivity contribution < 1.29 is 9.47 Å². The quantitative estimate of drug-likeness (QED) is 0.247. The van der Waals surface area contributed by atoms with Crippen molar-refractivity contribution in [1.29, 1.82) is 0 Å². The van der Waals surface area contributed by atoms with Crippen LogP contribution in [0.1, 0.15) is 77.6 Å². The highest BCUT2D eigenvalue weighted by Gasteiger charge is 2.30. The highest BCUT2D eigenvalue weighted by Crippen LogP contribution is 2.42. The van der Waals surface area contributed by atoms with Crippen LogP contribution in [0.2, 0.25) is 0 Å². The van der Waals surface area contributed by atoms with E-state index in [0.29, 0.717) is 0 Å². The van der Waals surface area contributed by atoms with Gasteiger partial charge in [-0.2, -0.15) is 0 Å². The smallest absolute Gasteiger partial charge is 0.131 e. The number of rotatable bonds is 6. The number of benzene rings is 4. The van der Waals surface area contributed by atoms with Gasteiger partial charge in [-0.25, -0.2) is 0 Å². The Bertz CT molecular complexity index is 1330. The summed E-state index contributed by atoms with van der Waals surface area (Å²) in [5.74, 6) is 3.25. The first kappa shape index (κ1) is 28.1. The van der Waals surface area contributed by atoms with Crippen molar-refractivity contribution in [3.63, 3.8) is 0 Å². The van der Waals surface area contributed by atoms with Crippen LogP contribution in [0, 0.1) is 0 Å². The summed E-state index contributed by atoms with van der Waals surface area (Å²) >= 11 is 0. The Labute approximate surface area is 234 Å². The predicted molar refractivity (Wildman–Crippen MR) is 164 cm³/mol. The molecule has 0 bridgehead atoms. The SMILES string of the molecule is CC(C)(C)c1cc(C(C)(C)c2ccc(Oc3ccc(N)cc3)c(C(C)(C)C)c2)ccc1Oc1ccc(N)cc1. The van der Waals surface area contributed by atoms with E-state index in [1.165, 1.54) is 11.1 Å². The minimum atomic E-state index is -0.251. The molecule has 0 heterocycles. The van der Waals surface area contributed by atoms with E-state index >= 15 is 0 Å². The third-order valence-electron chi connectivity index (χ3n) is 7.23. The molecule has 4 aromatic rings. The summed E-state index contributed by atoms with van der Waals surface area (Å²) < 4.78 is 12.7. The molecule has 0 aromatic heterocycles. The summed E-state index contributed by atoms with van der Waals surface area (Å²) in [4.78, 5) is 0. The number of anilines is 2. The summed E-state index contributed by atoms with van der Waals surface area (Å²) in [6.07, 6.45) is 0. The molecule has 4 nitrogen and oxygen atoms in total. The van der Waals surface area contributed by atoms with E-state index in [0.717, 1.165) is 45.5 Å². The van der Waals surface area contributed by atoms with Crippen molar-refractivity contribution in [1.82, 2.24) is 0 Å². The maximum absolute atomic E-state index is 6.33. The average molecular weight is 523 g/mol. The molecule has 4 rings (SSSR count). The fraction of sp³-hybridized carbons (Fsp3) is 0.314. The van der Waals surface area contributed by atoms with Crippen LogP contribution in [-0.2, 0) is 16.2 Å². The standard InChI is InChI=1S/C35H42N2O2/c1-33(2,3)29-21-23(9-19-31(29)38-27-15-11-25(36)12-16-27)35(7,8)24-10-20-32(30(22-24)34(4,5)6)39-28-17-13-26(37)14-18-28/h9-22H,36-37H2,1-8H3. The molecule has 0 saturated heterocycles. The first-order chi connectivity index (χ1) is 18.1. The first-order valence-electron chi connectivity index (χ1n) is 13.5. The zero-order valence-corrected chi connectivity index (χ0v) is 24.6. The van der Waals surface area contributed by atoms with Gasteiger partial charge in [0.05, 0.1) is 0 Å². The topological polar surface area (TPSA) is 70.5 Å². The van der Waals surface area contributed by atoms with Gasteiger partial charge in [-0.3, -0.25) is 0 Å². The van der Waals surface area contributed by atoms with Crippen LogP contribution >= 0.6 is 0 Å². The van der Waals surface area contributed by atoms with Crippen molar-refractivity contribution in [2.75, 3.05) is 11.5 Å². The maximum atomic E-state index is 6.33. The number of hydrogen-bond acceptors (Lipinski definition) is 4. The molecule has 4 heteroatoms. The molecule has 0 saturated carbocycles. The second kappa shape index (κ2) is 10.3. The maximum Gasteiger partial charge on any atom is 0.131 e. The lowest BCUT2D eigenvalue weighted by molar-refractivity contribution is 0.452. The lowest BCUT2D eigenvalue weighted by Gasteiger charge is -2.32. The molecule has 0 aliphatic heterocycles. The molecule has 0 spiro atoms. The first-order valence-corrected chi connectivity index (χ1v) is 13.5.